The fourth-order valence-electron chi connectivity index (χ4n) is 6.48. The minimum atomic E-state index is -4.56. The van der Waals surface area contributed by atoms with Crippen LogP contribution in [0.3, 0.4) is 0 Å². The topological polar surface area (TPSA) is 84.0 Å². The van der Waals surface area contributed by atoms with Crippen molar-refractivity contribution in [3.63, 3.8) is 0 Å². The largest absolute Gasteiger partial charge is 0.416 e. The molecule has 0 atom stereocenters. The van der Waals surface area contributed by atoms with Gasteiger partial charge in [0.2, 0.25) is 5.91 Å². The van der Waals surface area contributed by atoms with E-state index in [-0.39, 0.29) is 12.0 Å². The number of fused-ring (bicyclic) bond motifs is 3. The molecule has 2 amide bonds. The van der Waals surface area contributed by atoms with Gasteiger partial charge in [-0.15, -0.1) is 0 Å². The lowest BCUT2D eigenvalue weighted by atomic mass is 9.73. The number of carbonyl (C=O) groups excluding carboxylic acids is 2. The predicted octanol–water partition coefficient (Wildman–Crippen LogP) is 8.77. The Morgan fingerprint density at radius 1 is 0.680 bits per heavy atom. The van der Waals surface area contributed by atoms with Gasteiger partial charge in [-0.2, -0.15) is 26.3 Å². The average molecular weight is 689 g/mol. The van der Waals surface area contributed by atoms with E-state index in [0.29, 0.717) is 53.0 Å². The number of unbranched alkanes of at least 4 members (excludes halogenated alkanes) is 1. The van der Waals surface area contributed by atoms with E-state index in [1.54, 1.807) is 48.5 Å². The average Bonchev–Trinajstić information content (AvgIpc) is 3.39. The first kappa shape index (κ1) is 34.3. The van der Waals surface area contributed by atoms with Crippen molar-refractivity contribution in [2.24, 2.45) is 0 Å². The molecule has 6 nitrogen and oxygen atoms in total. The zero-order chi connectivity index (χ0) is 35.5. The van der Waals surface area contributed by atoms with Crippen LogP contribution < -0.4 is 10.6 Å². The van der Waals surface area contributed by atoms with Crippen LogP contribution in [0, 0.1) is 0 Å². The van der Waals surface area contributed by atoms with E-state index in [4.69, 9.17) is 0 Å². The van der Waals surface area contributed by atoms with E-state index in [1.807, 2.05) is 24.3 Å². The lowest BCUT2D eigenvalue weighted by Gasteiger charge is -2.31. The van der Waals surface area contributed by atoms with E-state index in [2.05, 4.69) is 20.6 Å². The van der Waals surface area contributed by atoms with Crippen molar-refractivity contribution in [1.82, 2.24) is 15.3 Å². The van der Waals surface area contributed by atoms with E-state index in [0.717, 1.165) is 23.3 Å². The maximum Gasteiger partial charge on any atom is 0.416 e. The second kappa shape index (κ2) is 13.8. The van der Waals surface area contributed by atoms with Crippen LogP contribution in [-0.4, -0.2) is 34.5 Å². The van der Waals surface area contributed by atoms with Crippen molar-refractivity contribution in [2.45, 2.75) is 43.5 Å². The van der Waals surface area contributed by atoms with Crippen molar-refractivity contribution in [1.29, 1.82) is 0 Å². The van der Waals surface area contributed by atoms with Crippen molar-refractivity contribution < 1.29 is 35.9 Å². The first-order chi connectivity index (χ1) is 23.9. The van der Waals surface area contributed by atoms with Crippen LogP contribution in [0.2, 0.25) is 0 Å². The number of nitrogens with zero attached hydrogens (tertiary/aromatic N) is 2. The molecule has 6 rings (SSSR count). The number of anilines is 1. The lowest BCUT2D eigenvalue weighted by molar-refractivity contribution is -0.141. The Bertz CT molecular complexity index is 1960. The van der Waals surface area contributed by atoms with Crippen LogP contribution in [0.1, 0.15) is 52.1 Å². The Balaban J connectivity index is 1.12. The number of halogens is 6. The van der Waals surface area contributed by atoms with Gasteiger partial charge in [0.25, 0.3) is 5.91 Å². The molecule has 0 saturated heterocycles. The zero-order valence-corrected chi connectivity index (χ0v) is 26.4. The molecule has 0 radical (unpaired) electrons. The highest BCUT2D eigenvalue weighted by Gasteiger charge is 2.49. The first-order valence-corrected chi connectivity index (χ1v) is 15.8. The molecule has 1 aliphatic carbocycles. The standard InChI is InChI=1S/C38H30F6N4O2/c39-37(40,41)23-47-35(50)36(31-13-5-3-10-28(31)29-11-4-6-14-32(29)36)20-8-7-15-33-45-21-26(22-46-33)48-34(49)30-12-2-1-9-27(30)24-16-18-25(19-17-24)38(42,43)44/h1-6,9-14,16-19,21-22H,7-8,15,20,23H2,(H,47,50)(H,48,49). The number of amides is 2. The summed E-state index contributed by atoms with van der Waals surface area (Å²) in [5.41, 5.74) is 2.31. The predicted molar refractivity (Wildman–Crippen MR) is 176 cm³/mol. The number of aryl methyl sites for hydroxylation is 1. The van der Waals surface area contributed by atoms with Crippen molar-refractivity contribution in [3.8, 4) is 22.3 Å². The van der Waals surface area contributed by atoms with Gasteiger partial charge in [0.05, 0.1) is 23.6 Å². The van der Waals surface area contributed by atoms with Gasteiger partial charge < -0.3 is 10.6 Å². The Hall–Kier alpha value is -5.52. The minimum absolute atomic E-state index is 0.250. The molecule has 50 heavy (non-hydrogen) atoms. The fraction of sp³-hybridized carbons (Fsp3) is 0.211. The number of benzene rings is 4. The molecule has 0 bridgehead atoms. The number of hydrogen-bond donors (Lipinski definition) is 2. The van der Waals surface area contributed by atoms with Gasteiger partial charge in [-0.3, -0.25) is 9.59 Å². The van der Waals surface area contributed by atoms with Crippen LogP contribution in [0.4, 0.5) is 32.0 Å². The summed E-state index contributed by atoms with van der Waals surface area (Å²) in [4.78, 5) is 35.6. The molecule has 0 unspecified atom stereocenters. The maximum absolute atomic E-state index is 13.7. The molecule has 1 aromatic heterocycles. The van der Waals surface area contributed by atoms with Crippen LogP contribution >= 0.6 is 0 Å². The van der Waals surface area contributed by atoms with Gasteiger partial charge >= 0.3 is 12.4 Å². The highest BCUT2D eigenvalue weighted by molar-refractivity contribution is 6.08. The third-order valence-electron chi connectivity index (χ3n) is 8.76. The third-order valence-corrected chi connectivity index (χ3v) is 8.76. The van der Waals surface area contributed by atoms with Crippen LogP contribution in [-0.2, 0) is 22.8 Å². The molecule has 256 valence electrons. The number of rotatable bonds is 10. The van der Waals surface area contributed by atoms with Crippen LogP contribution in [0.15, 0.2) is 109 Å². The highest BCUT2D eigenvalue weighted by atomic mass is 19.4. The van der Waals surface area contributed by atoms with Crippen LogP contribution in [0.5, 0.6) is 0 Å². The lowest BCUT2D eigenvalue weighted by Crippen LogP contribution is -2.47. The molecule has 4 aromatic carbocycles. The van der Waals surface area contributed by atoms with E-state index >= 15 is 0 Å². The fourth-order valence-corrected chi connectivity index (χ4v) is 6.48. The Labute approximate surface area is 283 Å². The first-order valence-electron chi connectivity index (χ1n) is 15.8. The molecule has 2 N–H and O–H groups in total. The summed E-state index contributed by atoms with van der Waals surface area (Å²) in [5, 5.41) is 4.86. The second-order valence-corrected chi connectivity index (χ2v) is 12.0. The summed E-state index contributed by atoms with van der Waals surface area (Å²) < 4.78 is 78.5. The van der Waals surface area contributed by atoms with Crippen molar-refractivity contribution in [3.05, 3.63) is 138 Å². The Morgan fingerprint density at radius 2 is 1.24 bits per heavy atom. The molecule has 12 heteroatoms. The van der Waals surface area contributed by atoms with Gasteiger partial charge in [0.15, 0.2) is 0 Å². The number of alkyl halides is 6. The molecule has 0 spiro atoms. The highest BCUT2D eigenvalue weighted by Crippen LogP contribution is 2.51. The summed E-state index contributed by atoms with van der Waals surface area (Å²) in [7, 11) is 0. The molecule has 1 heterocycles. The number of aromatic nitrogens is 2. The summed E-state index contributed by atoms with van der Waals surface area (Å²) in [5.74, 6) is -0.734. The number of hydrogen-bond acceptors (Lipinski definition) is 4. The zero-order valence-electron chi connectivity index (χ0n) is 26.4. The van der Waals surface area contributed by atoms with Gasteiger partial charge in [0.1, 0.15) is 17.8 Å². The van der Waals surface area contributed by atoms with Gasteiger partial charge in [-0.1, -0.05) is 85.3 Å². The number of nitrogens with one attached hydrogen (secondary N) is 2. The SMILES string of the molecule is O=C(Nc1cnc(CCCCC2(C(=O)NCC(F)(F)F)c3ccccc3-c3ccccc32)nc1)c1ccccc1-c1ccc(C(F)(F)F)cc1. The molecule has 0 saturated carbocycles. The summed E-state index contributed by atoms with van der Waals surface area (Å²) in [6.07, 6.45) is -4.48. The third kappa shape index (κ3) is 7.10. The van der Waals surface area contributed by atoms with Gasteiger partial charge in [-0.25, -0.2) is 9.97 Å². The van der Waals surface area contributed by atoms with Crippen molar-refractivity contribution in [2.75, 3.05) is 11.9 Å². The van der Waals surface area contributed by atoms with Gasteiger partial charge in [-0.05, 0) is 64.4 Å². The Kier molecular flexibility index (Phi) is 9.46. The molecule has 5 aromatic rings. The molecule has 1 aliphatic rings. The molecular weight excluding hydrogens is 658 g/mol. The summed E-state index contributed by atoms with van der Waals surface area (Å²) in [6, 6.07) is 25.6. The smallest absolute Gasteiger partial charge is 0.346 e. The van der Waals surface area contributed by atoms with Crippen LogP contribution in [0.25, 0.3) is 22.3 Å². The number of carbonyl (C=O) groups is 2. The van der Waals surface area contributed by atoms with E-state index in [9.17, 15) is 35.9 Å². The minimum Gasteiger partial charge on any atom is -0.346 e. The van der Waals surface area contributed by atoms with E-state index < -0.39 is 41.7 Å². The maximum atomic E-state index is 13.7. The van der Waals surface area contributed by atoms with Gasteiger partial charge in [0, 0.05) is 12.0 Å². The Morgan fingerprint density at radius 3 is 1.82 bits per heavy atom. The summed E-state index contributed by atoms with van der Waals surface area (Å²) in [6.45, 7) is -1.44. The quantitative estimate of drug-likeness (QED) is 0.114. The molecule has 0 fully saturated rings. The van der Waals surface area contributed by atoms with Crippen molar-refractivity contribution >= 4 is 17.5 Å². The van der Waals surface area contributed by atoms with E-state index in [1.165, 1.54) is 24.5 Å². The monoisotopic (exact) mass is 688 g/mol. The normalized spacial score (nSPS) is 13.3. The molecule has 0 aliphatic heterocycles. The molecular formula is C38H30F6N4O2. The summed E-state index contributed by atoms with van der Waals surface area (Å²) >= 11 is 0. The second-order valence-electron chi connectivity index (χ2n) is 12.0.